The monoisotopic (exact) mass is 361 g/mol. The number of rotatable bonds is 3. The normalized spacial score (nSPS) is 9.65. The van der Waals surface area contributed by atoms with Crippen molar-refractivity contribution >= 4 is 45.1 Å². The van der Waals surface area contributed by atoms with Gasteiger partial charge in [0.05, 0.1) is 10.6 Å². The largest absolute Gasteiger partial charge is 0.370 e. The minimum absolute atomic E-state index is 0. The van der Waals surface area contributed by atoms with Crippen molar-refractivity contribution in [2.75, 3.05) is 0 Å². The van der Waals surface area contributed by atoms with Gasteiger partial charge in [0.2, 0.25) is 10.9 Å². The van der Waals surface area contributed by atoms with Gasteiger partial charge in [-0.25, -0.2) is 4.98 Å². The zero-order chi connectivity index (χ0) is 14.0. The number of guanidine groups is 1. The van der Waals surface area contributed by atoms with Gasteiger partial charge in [-0.05, 0) is 12.1 Å². The number of aliphatic imine (C=N–C) groups is 1. The molecule has 2 aromatic rings. The van der Waals surface area contributed by atoms with Crippen LogP contribution in [0.25, 0.3) is 11.3 Å². The summed E-state index contributed by atoms with van der Waals surface area (Å²) < 4.78 is 13.2. The lowest BCUT2D eigenvalue weighted by atomic mass is 10.1. The van der Waals surface area contributed by atoms with Crippen molar-refractivity contribution in [1.82, 2.24) is 4.98 Å². The first-order valence-corrected chi connectivity index (χ1v) is 5.85. The minimum atomic E-state index is -0.895. The van der Waals surface area contributed by atoms with Gasteiger partial charge in [-0.15, -0.1) is 28.3 Å². The fraction of sp³-hybridized carbons (Fsp3) is 0. The Morgan fingerprint density at radius 3 is 2.75 bits per heavy atom. The van der Waals surface area contributed by atoms with Gasteiger partial charge in [-0.1, -0.05) is 0 Å². The fourth-order valence-corrected chi connectivity index (χ4v) is 2.09. The van der Waals surface area contributed by atoms with Gasteiger partial charge in [-0.3, -0.25) is 10.1 Å². The third-order valence-electron chi connectivity index (χ3n) is 2.16. The third-order valence-corrected chi connectivity index (χ3v) is 2.89. The Morgan fingerprint density at radius 2 is 2.15 bits per heavy atom. The molecule has 0 saturated carbocycles. The minimum Gasteiger partial charge on any atom is -0.370 e. The molecule has 1 aromatic carbocycles. The number of benzene rings is 1. The van der Waals surface area contributed by atoms with E-state index in [1.807, 2.05) is 0 Å². The van der Waals surface area contributed by atoms with E-state index in [-0.39, 0.29) is 22.9 Å². The summed E-state index contributed by atoms with van der Waals surface area (Å²) >= 11 is 1.17. The molecule has 0 unspecified atom stereocenters. The van der Waals surface area contributed by atoms with Crippen LogP contribution in [0.3, 0.4) is 0 Å². The van der Waals surface area contributed by atoms with E-state index in [4.69, 9.17) is 11.5 Å². The predicted octanol–water partition coefficient (Wildman–Crippen LogP) is 2.34. The summed E-state index contributed by atoms with van der Waals surface area (Å²) in [5.74, 6) is -1.03. The van der Waals surface area contributed by atoms with E-state index in [1.165, 1.54) is 17.4 Å². The van der Waals surface area contributed by atoms with Crippen molar-refractivity contribution in [3.05, 3.63) is 39.5 Å². The molecule has 0 fully saturated rings. The molecule has 0 radical (unpaired) electrons. The molecule has 1 aromatic heterocycles. The van der Waals surface area contributed by atoms with Crippen molar-refractivity contribution < 1.29 is 9.31 Å². The smallest absolute Gasteiger partial charge is 0.305 e. The van der Waals surface area contributed by atoms with Crippen LogP contribution >= 0.6 is 28.3 Å². The molecule has 0 aliphatic heterocycles. The summed E-state index contributed by atoms with van der Waals surface area (Å²) in [6, 6.07) is 3.54. The molecule has 0 aliphatic rings. The zero-order valence-corrected chi connectivity index (χ0v) is 12.3. The van der Waals surface area contributed by atoms with Crippen LogP contribution in [0.1, 0.15) is 0 Å². The number of hydrogen-bond acceptors (Lipinski definition) is 5. The molecule has 0 spiro atoms. The van der Waals surface area contributed by atoms with Crippen molar-refractivity contribution in [3.8, 4) is 11.3 Å². The van der Waals surface area contributed by atoms with Crippen LogP contribution in [0.4, 0.5) is 15.2 Å². The van der Waals surface area contributed by atoms with E-state index in [1.54, 1.807) is 5.38 Å². The second-order valence-electron chi connectivity index (χ2n) is 3.48. The van der Waals surface area contributed by atoms with E-state index in [2.05, 4.69) is 9.98 Å². The van der Waals surface area contributed by atoms with Gasteiger partial charge in [0, 0.05) is 17.0 Å². The van der Waals surface area contributed by atoms with Gasteiger partial charge < -0.3 is 11.5 Å². The lowest BCUT2D eigenvalue weighted by Gasteiger charge is -1.98. The lowest BCUT2D eigenvalue weighted by Crippen LogP contribution is -2.21. The van der Waals surface area contributed by atoms with Crippen molar-refractivity contribution in [1.29, 1.82) is 0 Å². The van der Waals surface area contributed by atoms with E-state index in [0.29, 0.717) is 16.4 Å². The summed E-state index contributed by atoms with van der Waals surface area (Å²) in [6.45, 7) is 0. The Hall–Kier alpha value is -2.07. The molecule has 20 heavy (non-hydrogen) atoms. The van der Waals surface area contributed by atoms with Gasteiger partial charge in [-0.2, -0.15) is 9.38 Å². The van der Waals surface area contributed by atoms with Crippen molar-refractivity contribution in [2.24, 2.45) is 16.5 Å². The van der Waals surface area contributed by atoms with E-state index >= 15 is 0 Å². The quantitative estimate of drug-likeness (QED) is 0.376. The Bertz CT molecular complexity index is 671. The number of nitrogens with two attached hydrogens (primary N) is 2. The summed E-state index contributed by atoms with van der Waals surface area (Å²) in [7, 11) is 0. The molecule has 0 atom stereocenters. The number of nitro benzene ring substituents is 1. The number of nitrogens with zero attached hydrogens (tertiary/aromatic N) is 3. The van der Waals surface area contributed by atoms with Crippen molar-refractivity contribution in [3.63, 3.8) is 0 Å². The first-order chi connectivity index (χ1) is 8.97. The zero-order valence-electron chi connectivity index (χ0n) is 9.82. The molecular formula is C10H9BrFN5O2S. The highest BCUT2D eigenvalue weighted by atomic mass is 79.9. The molecule has 0 aliphatic carbocycles. The number of halogens is 2. The SMILES string of the molecule is Br.NC(N)=Nc1nc(-c2ccc(F)c([N+](=O)[O-])c2)cs1. The maximum absolute atomic E-state index is 13.2. The summed E-state index contributed by atoms with van der Waals surface area (Å²) in [6.07, 6.45) is 0. The van der Waals surface area contributed by atoms with Crippen LogP contribution in [-0.2, 0) is 0 Å². The molecular weight excluding hydrogens is 353 g/mol. The van der Waals surface area contributed by atoms with Gasteiger partial charge in [0.25, 0.3) is 0 Å². The molecule has 0 amide bonds. The first-order valence-electron chi connectivity index (χ1n) is 4.97. The van der Waals surface area contributed by atoms with Crippen LogP contribution in [0.15, 0.2) is 28.6 Å². The van der Waals surface area contributed by atoms with Gasteiger partial charge in [0.15, 0.2) is 5.96 Å². The molecule has 1 heterocycles. The maximum Gasteiger partial charge on any atom is 0.305 e. The maximum atomic E-state index is 13.2. The van der Waals surface area contributed by atoms with E-state index < -0.39 is 16.4 Å². The number of thiazole rings is 1. The number of nitro groups is 1. The molecule has 106 valence electrons. The Balaban J connectivity index is 0.00000200. The molecule has 0 saturated heterocycles. The molecule has 7 nitrogen and oxygen atoms in total. The highest BCUT2D eigenvalue weighted by Gasteiger charge is 2.16. The third kappa shape index (κ3) is 3.48. The Labute approximate surface area is 127 Å². The van der Waals surface area contributed by atoms with E-state index in [9.17, 15) is 14.5 Å². The first kappa shape index (κ1) is 16.0. The van der Waals surface area contributed by atoms with Crippen LogP contribution in [0.5, 0.6) is 0 Å². The van der Waals surface area contributed by atoms with Crippen LogP contribution < -0.4 is 11.5 Å². The molecule has 4 N–H and O–H groups in total. The Morgan fingerprint density at radius 1 is 1.45 bits per heavy atom. The van der Waals surface area contributed by atoms with Crippen LogP contribution in [0.2, 0.25) is 0 Å². The molecule has 0 bridgehead atoms. The molecule has 2 rings (SSSR count). The highest BCUT2D eigenvalue weighted by Crippen LogP contribution is 2.29. The summed E-state index contributed by atoms with van der Waals surface area (Å²) in [5.41, 5.74) is 10.7. The van der Waals surface area contributed by atoms with E-state index in [0.717, 1.165) is 12.1 Å². The highest BCUT2D eigenvalue weighted by molar-refractivity contribution is 8.93. The van der Waals surface area contributed by atoms with Crippen molar-refractivity contribution in [2.45, 2.75) is 0 Å². The number of hydrogen-bond donors (Lipinski definition) is 2. The second-order valence-corrected chi connectivity index (χ2v) is 4.31. The number of aromatic nitrogens is 1. The van der Waals surface area contributed by atoms with Gasteiger partial charge >= 0.3 is 5.69 Å². The predicted molar refractivity (Wildman–Crippen MR) is 80.0 cm³/mol. The van der Waals surface area contributed by atoms with Gasteiger partial charge in [0.1, 0.15) is 0 Å². The topological polar surface area (TPSA) is 120 Å². The lowest BCUT2D eigenvalue weighted by molar-refractivity contribution is -0.387. The second kappa shape index (κ2) is 6.39. The summed E-state index contributed by atoms with van der Waals surface area (Å²) in [4.78, 5) is 17.7. The molecule has 10 heteroatoms. The average molecular weight is 362 g/mol. The fourth-order valence-electron chi connectivity index (χ4n) is 1.37. The standard InChI is InChI=1S/C10H8FN5O2S.BrH/c11-6-2-1-5(3-8(6)16(17)18)7-4-19-10(14-7)15-9(12)13;/h1-4H,(H4,12,13,14,15);1H. The average Bonchev–Trinajstić information content (AvgIpc) is 2.76. The van der Waals surface area contributed by atoms with Crippen LogP contribution in [-0.4, -0.2) is 15.9 Å². The van der Waals surface area contributed by atoms with Crippen LogP contribution in [0, 0.1) is 15.9 Å². The Kier molecular flexibility index (Phi) is 5.11. The summed E-state index contributed by atoms with van der Waals surface area (Å²) in [5, 5.41) is 12.6.